The predicted octanol–water partition coefficient (Wildman–Crippen LogP) is 0.923. The number of rotatable bonds is 4. The first kappa shape index (κ1) is 19.5. The van der Waals surface area contributed by atoms with E-state index in [9.17, 15) is 5.11 Å². The second kappa shape index (κ2) is 11.2. The third-order valence-corrected chi connectivity index (χ3v) is 2.15. The summed E-state index contributed by atoms with van der Waals surface area (Å²) in [4.78, 5) is 0. The van der Waals surface area contributed by atoms with Gasteiger partial charge >= 0.3 is 0 Å². The minimum Gasteiger partial charge on any atom is -0.387 e. The van der Waals surface area contributed by atoms with Crippen LogP contribution in [0.5, 0.6) is 0 Å². The molecule has 2 N–H and O–H groups in total. The number of likely N-dealkylation sites (N-methyl/N-ethyl adjacent to an activating group) is 1. The minimum atomic E-state index is -0.134. The lowest BCUT2D eigenvalue weighted by atomic mass is 10.2. The maximum Gasteiger partial charge on any atom is 0.104 e. The molecule has 0 aliphatic carbocycles. The number of nitrogens with one attached hydrogen (secondary N) is 1. The standard InChI is InChI=1S/C7H18NO.C3H5ClO.C2H7N/c1-5-7(9)6-8(2,3)4;4-1-3-2-5-3;1-3-2/h7,9H,5-6H2,1-4H3;3H,1-2H2;3H,1-2H3/q+1;;. The smallest absolute Gasteiger partial charge is 0.104 e. The summed E-state index contributed by atoms with van der Waals surface area (Å²) in [7, 11) is 10.00. The number of aliphatic hydroxyl groups is 1. The van der Waals surface area contributed by atoms with Crippen LogP contribution in [0.2, 0.25) is 0 Å². The first-order chi connectivity index (χ1) is 7.80. The van der Waals surface area contributed by atoms with Gasteiger partial charge in [-0.15, -0.1) is 11.6 Å². The second-order valence-electron chi connectivity index (χ2n) is 5.14. The van der Waals surface area contributed by atoms with Crippen LogP contribution in [0.15, 0.2) is 0 Å². The summed E-state index contributed by atoms with van der Waals surface area (Å²) in [5.74, 6) is 0.667. The summed E-state index contributed by atoms with van der Waals surface area (Å²) in [5.41, 5.74) is 0. The summed E-state index contributed by atoms with van der Waals surface area (Å²) in [6.45, 7) is 3.72. The van der Waals surface area contributed by atoms with Crippen molar-refractivity contribution in [2.45, 2.75) is 25.6 Å². The van der Waals surface area contributed by atoms with E-state index in [1.807, 2.05) is 21.0 Å². The third-order valence-electron chi connectivity index (χ3n) is 1.80. The Balaban J connectivity index is 0. The average Bonchev–Trinajstić information content (AvgIpc) is 3.00. The van der Waals surface area contributed by atoms with Gasteiger partial charge in [0, 0.05) is 0 Å². The van der Waals surface area contributed by atoms with Gasteiger partial charge in [0.25, 0.3) is 0 Å². The fraction of sp³-hybridized carbons (Fsp3) is 1.00. The number of epoxide rings is 1. The number of ether oxygens (including phenoxy) is 1. The molecule has 2 atom stereocenters. The number of nitrogens with zero attached hydrogens (tertiary/aromatic N) is 1. The zero-order valence-corrected chi connectivity index (χ0v) is 12.9. The van der Waals surface area contributed by atoms with Gasteiger partial charge in [-0.05, 0) is 20.5 Å². The molecular weight excluding hydrogens is 240 g/mol. The maximum absolute atomic E-state index is 9.18. The Labute approximate surface area is 111 Å². The molecule has 1 fully saturated rings. The highest BCUT2D eigenvalue weighted by molar-refractivity contribution is 6.18. The zero-order chi connectivity index (χ0) is 13.9. The predicted molar refractivity (Wildman–Crippen MR) is 74.6 cm³/mol. The molecule has 0 aromatic carbocycles. The van der Waals surface area contributed by atoms with E-state index in [-0.39, 0.29) is 6.10 Å². The van der Waals surface area contributed by atoms with E-state index in [4.69, 9.17) is 16.3 Å². The van der Waals surface area contributed by atoms with Gasteiger partial charge in [0.05, 0.1) is 39.7 Å². The molecule has 1 heterocycles. The molecule has 0 saturated carbocycles. The zero-order valence-electron chi connectivity index (χ0n) is 12.2. The number of hydrogen-bond acceptors (Lipinski definition) is 3. The number of halogens is 1. The van der Waals surface area contributed by atoms with Crippen LogP contribution in [-0.2, 0) is 4.74 Å². The van der Waals surface area contributed by atoms with Crippen LogP contribution in [0.3, 0.4) is 0 Å². The van der Waals surface area contributed by atoms with E-state index in [0.717, 1.165) is 24.1 Å². The fourth-order valence-electron chi connectivity index (χ4n) is 0.918. The lowest BCUT2D eigenvalue weighted by molar-refractivity contribution is -0.873. The minimum absolute atomic E-state index is 0.134. The molecule has 1 saturated heterocycles. The molecule has 4 nitrogen and oxygen atoms in total. The Morgan fingerprint density at radius 1 is 1.41 bits per heavy atom. The summed E-state index contributed by atoms with van der Waals surface area (Å²) in [6, 6.07) is 0. The van der Waals surface area contributed by atoms with Gasteiger partial charge in [0.15, 0.2) is 0 Å². The summed E-state index contributed by atoms with van der Waals surface area (Å²) in [6.07, 6.45) is 1.12. The number of aliphatic hydroxyl groups excluding tert-OH is 1. The number of quaternary nitrogens is 1. The van der Waals surface area contributed by atoms with Gasteiger partial charge in [-0.25, -0.2) is 0 Å². The molecule has 5 heteroatoms. The van der Waals surface area contributed by atoms with Crippen LogP contribution in [0, 0.1) is 0 Å². The van der Waals surface area contributed by atoms with Gasteiger partial charge in [-0.2, -0.15) is 0 Å². The first-order valence-electron chi connectivity index (χ1n) is 6.05. The molecule has 1 rings (SSSR count). The molecule has 0 radical (unpaired) electrons. The topological polar surface area (TPSA) is 44.8 Å². The SMILES string of the molecule is CCC(O)C[N+](C)(C)C.CNC.ClCC1CO1. The highest BCUT2D eigenvalue weighted by atomic mass is 35.5. The van der Waals surface area contributed by atoms with Crippen molar-refractivity contribution in [1.29, 1.82) is 0 Å². The van der Waals surface area contributed by atoms with Crippen molar-refractivity contribution in [3.05, 3.63) is 0 Å². The molecule has 0 spiro atoms. The Morgan fingerprint density at radius 2 is 1.82 bits per heavy atom. The fourth-order valence-corrected chi connectivity index (χ4v) is 1.10. The van der Waals surface area contributed by atoms with Crippen molar-refractivity contribution < 1.29 is 14.3 Å². The van der Waals surface area contributed by atoms with E-state index >= 15 is 0 Å². The molecule has 106 valence electrons. The van der Waals surface area contributed by atoms with Crippen LogP contribution in [-0.4, -0.2) is 76.1 Å². The van der Waals surface area contributed by atoms with Crippen LogP contribution in [0.25, 0.3) is 0 Å². The molecule has 1 aliphatic rings. The van der Waals surface area contributed by atoms with Crippen LogP contribution in [0.4, 0.5) is 0 Å². The van der Waals surface area contributed by atoms with Gasteiger partial charge in [0.2, 0.25) is 0 Å². The van der Waals surface area contributed by atoms with E-state index in [0.29, 0.717) is 12.0 Å². The van der Waals surface area contributed by atoms with Crippen LogP contribution in [0.1, 0.15) is 13.3 Å². The Kier molecular flexibility index (Phi) is 12.9. The quantitative estimate of drug-likeness (QED) is 0.453. The monoisotopic (exact) mass is 269 g/mol. The Morgan fingerprint density at radius 3 is 1.88 bits per heavy atom. The summed E-state index contributed by atoms with van der Waals surface area (Å²) in [5, 5.41) is 11.9. The van der Waals surface area contributed by atoms with Gasteiger partial charge < -0.3 is 19.6 Å². The highest BCUT2D eigenvalue weighted by Gasteiger charge is 2.19. The van der Waals surface area contributed by atoms with E-state index in [1.165, 1.54) is 0 Å². The van der Waals surface area contributed by atoms with E-state index in [2.05, 4.69) is 26.5 Å². The average molecular weight is 270 g/mol. The van der Waals surface area contributed by atoms with E-state index in [1.54, 1.807) is 0 Å². The Hall–Kier alpha value is 0.130. The van der Waals surface area contributed by atoms with E-state index < -0.39 is 0 Å². The van der Waals surface area contributed by atoms with Crippen molar-refractivity contribution >= 4 is 11.6 Å². The van der Waals surface area contributed by atoms with Crippen LogP contribution >= 0.6 is 11.6 Å². The summed E-state index contributed by atoms with van der Waals surface area (Å²) < 4.78 is 5.57. The molecule has 17 heavy (non-hydrogen) atoms. The van der Waals surface area contributed by atoms with Crippen LogP contribution < -0.4 is 5.32 Å². The molecule has 0 aromatic heterocycles. The second-order valence-corrected chi connectivity index (χ2v) is 5.45. The molecule has 0 bridgehead atoms. The lowest BCUT2D eigenvalue weighted by Gasteiger charge is -2.26. The summed E-state index contributed by atoms with van der Waals surface area (Å²) >= 11 is 5.27. The van der Waals surface area contributed by atoms with Gasteiger partial charge in [-0.1, -0.05) is 6.92 Å². The van der Waals surface area contributed by atoms with Crippen molar-refractivity contribution in [3.63, 3.8) is 0 Å². The molecular formula is C12H30ClN2O2+. The van der Waals surface area contributed by atoms with Crippen molar-refractivity contribution in [2.75, 3.05) is 54.3 Å². The number of alkyl halides is 1. The normalized spacial score (nSPS) is 19.4. The highest BCUT2D eigenvalue weighted by Crippen LogP contribution is 2.08. The molecule has 2 unspecified atom stereocenters. The van der Waals surface area contributed by atoms with Gasteiger partial charge in [0.1, 0.15) is 12.6 Å². The van der Waals surface area contributed by atoms with Crippen molar-refractivity contribution in [3.8, 4) is 0 Å². The Bertz CT molecular complexity index is 159. The molecule has 0 aromatic rings. The molecule has 1 aliphatic heterocycles. The third kappa shape index (κ3) is 21.9. The van der Waals surface area contributed by atoms with Crippen molar-refractivity contribution in [2.24, 2.45) is 0 Å². The van der Waals surface area contributed by atoms with Gasteiger partial charge in [-0.3, -0.25) is 0 Å². The largest absolute Gasteiger partial charge is 0.387 e. The maximum atomic E-state index is 9.18. The lowest BCUT2D eigenvalue weighted by Crippen LogP contribution is -2.41. The first-order valence-corrected chi connectivity index (χ1v) is 6.58. The molecule has 0 amide bonds. The number of hydrogen-bond donors (Lipinski definition) is 2. The van der Waals surface area contributed by atoms with Crippen molar-refractivity contribution in [1.82, 2.24) is 5.32 Å².